The van der Waals surface area contributed by atoms with Crippen molar-refractivity contribution in [1.82, 2.24) is 5.32 Å². The molecular formula is C19H24N2O2S2. The maximum absolute atomic E-state index is 12.0. The van der Waals surface area contributed by atoms with E-state index in [1.165, 1.54) is 49.9 Å². The fourth-order valence-corrected chi connectivity index (χ4v) is 5.43. The highest BCUT2D eigenvalue weighted by atomic mass is 32.2. The average molecular weight is 377 g/mol. The molecule has 1 atom stereocenters. The molecule has 0 spiro atoms. The zero-order valence-electron chi connectivity index (χ0n) is 14.3. The lowest BCUT2D eigenvalue weighted by molar-refractivity contribution is -0.117. The van der Waals surface area contributed by atoms with Gasteiger partial charge in [0.2, 0.25) is 5.91 Å². The van der Waals surface area contributed by atoms with E-state index in [-0.39, 0.29) is 17.1 Å². The van der Waals surface area contributed by atoms with Crippen LogP contribution in [-0.4, -0.2) is 40.3 Å². The Hall–Kier alpha value is -1.27. The lowest BCUT2D eigenvalue weighted by atomic mass is 10.0. The van der Waals surface area contributed by atoms with Gasteiger partial charge in [-0.3, -0.25) is 9.59 Å². The number of carbonyl (C=O) groups excluding carboxylic acids is 2. The summed E-state index contributed by atoms with van der Waals surface area (Å²) in [5.74, 6) is 0.564. The number of amides is 2. The van der Waals surface area contributed by atoms with Gasteiger partial charge in [-0.1, -0.05) is 37.5 Å². The van der Waals surface area contributed by atoms with Gasteiger partial charge in [-0.05, 0) is 31.1 Å². The smallest absolute Gasteiger partial charge is 0.283 e. The van der Waals surface area contributed by atoms with Gasteiger partial charge in [0.15, 0.2) is 0 Å². The van der Waals surface area contributed by atoms with Gasteiger partial charge in [-0.2, -0.15) is 11.8 Å². The van der Waals surface area contributed by atoms with E-state index in [1.54, 1.807) is 0 Å². The average Bonchev–Trinajstić information content (AvgIpc) is 2.63. The molecule has 0 aromatic heterocycles. The molecule has 0 bridgehead atoms. The summed E-state index contributed by atoms with van der Waals surface area (Å²) in [6.45, 7) is 0.655. The highest BCUT2D eigenvalue weighted by Crippen LogP contribution is 2.31. The molecule has 134 valence electrons. The fraction of sp³-hybridized carbons (Fsp3) is 0.526. The highest BCUT2D eigenvalue weighted by molar-refractivity contribution is 8.05. The first kappa shape index (κ1) is 18.5. The second kappa shape index (κ2) is 9.43. The Morgan fingerprint density at radius 1 is 1.32 bits per heavy atom. The molecule has 1 aliphatic heterocycles. The molecular weight excluding hydrogens is 352 g/mol. The van der Waals surface area contributed by atoms with Crippen LogP contribution in [0.4, 0.5) is 0 Å². The van der Waals surface area contributed by atoms with E-state index >= 15 is 0 Å². The maximum atomic E-state index is 12.0. The van der Waals surface area contributed by atoms with Crippen LogP contribution in [0.3, 0.4) is 0 Å². The molecule has 25 heavy (non-hydrogen) atoms. The Balaban J connectivity index is 1.39. The molecule has 2 amide bonds. The van der Waals surface area contributed by atoms with Crippen LogP contribution < -0.4 is 5.32 Å². The van der Waals surface area contributed by atoms with E-state index in [2.05, 4.69) is 10.3 Å². The second-order valence-corrected chi connectivity index (χ2v) is 9.00. The van der Waals surface area contributed by atoms with Crippen molar-refractivity contribution in [2.24, 2.45) is 4.99 Å². The Morgan fingerprint density at radius 3 is 3.00 bits per heavy atom. The topological polar surface area (TPSA) is 58.5 Å². The molecule has 1 fully saturated rings. The van der Waals surface area contributed by atoms with Crippen LogP contribution >= 0.6 is 23.5 Å². The lowest BCUT2D eigenvalue weighted by Crippen LogP contribution is -2.26. The number of fused-ring (bicyclic) bond motifs is 1. The van der Waals surface area contributed by atoms with Crippen molar-refractivity contribution < 1.29 is 9.59 Å². The number of nitrogens with one attached hydrogen (secondary N) is 1. The quantitative estimate of drug-likeness (QED) is 0.568. The largest absolute Gasteiger partial charge is 0.352 e. The van der Waals surface area contributed by atoms with E-state index in [0.29, 0.717) is 11.4 Å². The molecule has 3 aliphatic rings. The van der Waals surface area contributed by atoms with Gasteiger partial charge in [0.05, 0.1) is 15.9 Å². The summed E-state index contributed by atoms with van der Waals surface area (Å²) in [5.41, 5.74) is 0.759. The van der Waals surface area contributed by atoms with Crippen LogP contribution in [-0.2, 0) is 9.59 Å². The van der Waals surface area contributed by atoms with E-state index in [9.17, 15) is 9.59 Å². The number of nitrogens with zero attached hydrogens (tertiary/aromatic N) is 1. The lowest BCUT2D eigenvalue weighted by Gasteiger charge is -2.21. The van der Waals surface area contributed by atoms with Crippen LogP contribution in [0.15, 0.2) is 40.3 Å². The summed E-state index contributed by atoms with van der Waals surface area (Å²) in [4.78, 5) is 28.5. The van der Waals surface area contributed by atoms with Crippen molar-refractivity contribution in [1.29, 1.82) is 0 Å². The standard InChI is InChI=1S/C19H24N2O2S2/c22-18(20-11-6-12-24-14-7-2-1-3-8-14)13-17-19(23)21-15-9-4-5-10-16(15)25-17/h4-5,9-10,13-14,16H,1-3,6-8,11-12H2,(H,20,22)/b17-13-. The van der Waals surface area contributed by atoms with Gasteiger partial charge >= 0.3 is 0 Å². The first-order valence-electron chi connectivity index (χ1n) is 8.98. The van der Waals surface area contributed by atoms with Crippen molar-refractivity contribution in [3.63, 3.8) is 0 Å². The first-order chi connectivity index (χ1) is 12.2. The Kier molecular flexibility index (Phi) is 6.99. The van der Waals surface area contributed by atoms with Crippen LogP contribution in [0.25, 0.3) is 0 Å². The van der Waals surface area contributed by atoms with Crippen LogP contribution in [0.5, 0.6) is 0 Å². The third-order valence-corrected chi connectivity index (χ3v) is 7.11. The zero-order valence-corrected chi connectivity index (χ0v) is 15.9. The summed E-state index contributed by atoms with van der Waals surface area (Å²) in [6.07, 6.45) is 16.8. The Bertz CT molecular complexity index is 631. The van der Waals surface area contributed by atoms with Gasteiger partial charge in [0.1, 0.15) is 0 Å². The Labute approximate surface area is 157 Å². The molecule has 6 heteroatoms. The highest BCUT2D eigenvalue weighted by Gasteiger charge is 2.26. The minimum atomic E-state index is -0.320. The monoisotopic (exact) mass is 376 g/mol. The molecule has 4 nitrogen and oxygen atoms in total. The normalized spacial score (nSPS) is 25.0. The van der Waals surface area contributed by atoms with Crippen molar-refractivity contribution in [3.8, 4) is 0 Å². The van der Waals surface area contributed by atoms with E-state index < -0.39 is 0 Å². The number of aliphatic imine (C=N–C) groups is 1. The summed E-state index contributed by atoms with van der Waals surface area (Å²) in [5, 5.41) is 3.73. The van der Waals surface area contributed by atoms with Crippen molar-refractivity contribution in [2.45, 2.75) is 49.0 Å². The van der Waals surface area contributed by atoms with Gasteiger partial charge in [-0.25, -0.2) is 4.99 Å². The minimum absolute atomic E-state index is 0.0358. The van der Waals surface area contributed by atoms with Gasteiger partial charge in [-0.15, -0.1) is 11.8 Å². The number of thioether (sulfide) groups is 2. The predicted octanol–water partition coefficient (Wildman–Crippen LogP) is 3.65. The summed E-state index contributed by atoms with van der Waals surface area (Å²) in [6, 6.07) is 0. The van der Waals surface area contributed by atoms with Crippen LogP contribution in [0.1, 0.15) is 38.5 Å². The SMILES string of the molecule is O=C(/C=C1\SC2C=CC=CC2=NC1=O)NCCCSC1CCCCC1. The van der Waals surface area contributed by atoms with Crippen molar-refractivity contribution >= 4 is 41.0 Å². The predicted molar refractivity (Wildman–Crippen MR) is 107 cm³/mol. The second-order valence-electron chi connectivity index (χ2n) is 6.41. The molecule has 1 unspecified atom stereocenters. The van der Waals surface area contributed by atoms with Crippen molar-refractivity contribution in [2.75, 3.05) is 12.3 Å². The van der Waals surface area contributed by atoms with Gasteiger partial charge in [0.25, 0.3) is 5.91 Å². The molecule has 0 aromatic carbocycles. The molecule has 3 rings (SSSR count). The number of hydrogen-bond acceptors (Lipinski definition) is 4. The molecule has 0 radical (unpaired) electrons. The third kappa shape index (κ3) is 5.61. The Morgan fingerprint density at radius 2 is 2.16 bits per heavy atom. The van der Waals surface area contributed by atoms with Gasteiger partial charge in [0, 0.05) is 17.9 Å². The molecule has 1 saturated carbocycles. The van der Waals surface area contributed by atoms with Crippen LogP contribution in [0, 0.1) is 0 Å². The molecule has 0 aromatic rings. The van der Waals surface area contributed by atoms with E-state index in [4.69, 9.17) is 0 Å². The number of carbonyl (C=O) groups is 2. The molecule has 2 aliphatic carbocycles. The minimum Gasteiger partial charge on any atom is -0.352 e. The zero-order chi connectivity index (χ0) is 17.5. The van der Waals surface area contributed by atoms with E-state index in [1.807, 2.05) is 36.1 Å². The van der Waals surface area contributed by atoms with Crippen LogP contribution in [0.2, 0.25) is 0 Å². The number of rotatable bonds is 6. The number of allylic oxidation sites excluding steroid dienone is 3. The van der Waals surface area contributed by atoms with Gasteiger partial charge < -0.3 is 5.32 Å². The third-order valence-electron chi connectivity index (χ3n) is 4.44. The van der Waals surface area contributed by atoms with E-state index in [0.717, 1.165) is 23.1 Å². The first-order valence-corrected chi connectivity index (χ1v) is 10.9. The molecule has 1 heterocycles. The molecule has 1 N–H and O–H groups in total. The maximum Gasteiger partial charge on any atom is 0.283 e. The number of hydrogen-bond donors (Lipinski definition) is 1. The summed E-state index contributed by atoms with van der Waals surface area (Å²) in [7, 11) is 0. The fourth-order valence-electron chi connectivity index (χ4n) is 3.10. The summed E-state index contributed by atoms with van der Waals surface area (Å²) < 4.78 is 0. The van der Waals surface area contributed by atoms with Crippen molar-refractivity contribution in [3.05, 3.63) is 35.3 Å². The molecule has 0 saturated heterocycles. The summed E-state index contributed by atoms with van der Waals surface area (Å²) >= 11 is 3.43.